The van der Waals surface area contributed by atoms with Crippen LogP contribution >= 0.6 is 0 Å². The van der Waals surface area contributed by atoms with Crippen LogP contribution in [0.5, 0.6) is 0 Å². The molecule has 0 atom stereocenters. The van der Waals surface area contributed by atoms with E-state index in [1.54, 1.807) is 51.8 Å². The maximum Gasteiger partial charge on any atom is 0.261 e. The number of pyridine rings is 1. The Bertz CT molecular complexity index is 2710. The van der Waals surface area contributed by atoms with E-state index in [1.807, 2.05) is 31.2 Å². The van der Waals surface area contributed by atoms with Crippen molar-refractivity contribution in [2.24, 2.45) is 0 Å². The number of aromatic nitrogens is 3. The number of sulfonamides is 1. The van der Waals surface area contributed by atoms with Gasteiger partial charge in [-0.15, -0.1) is 0 Å². The van der Waals surface area contributed by atoms with Crippen molar-refractivity contribution in [2.45, 2.75) is 25.8 Å². The Morgan fingerprint density at radius 2 is 1.79 bits per heavy atom. The van der Waals surface area contributed by atoms with Crippen LogP contribution in [0.4, 0.5) is 18.9 Å². The minimum Gasteiger partial charge on any atom is -0.455 e. The number of furan rings is 1. The lowest BCUT2D eigenvalue weighted by Gasteiger charge is -2.21. The number of nitrogens with one attached hydrogen (secondary N) is 1. The Balaban J connectivity index is 1.39. The number of fused-ring (bicyclic) bond motifs is 6. The van der Waals surface area contributed by atoms with E-state index in [2.05, 4.69) is 5.32 Å². The minimum atomic E-state index is -3.79. The number of carbonyl (C=O) groups is 1. The zero-order valence-electron chi connectivity index (χ0n) is 28.7. The number of nitrogens with zero attached hydrogens (tertiary/aromatic N) is 5. The first kappa shape index (κ1) is 33.7. The van der Waals surface area contributed by atoms with E-state index in [-0.39, 0.29) is 30.8 Å². The second-order valence-electron chi connectivity index (χ2n) is 13.3. The molecule has 1 saturated heterocycles. The van der Waals surface area contributed by atoms with Gasteiger partial charge in [0.1, 0.15) is 28.5 Å². The lowest BCUT2D eigenvalue weighted by atomic mass is 10.00. The molecule has 52 heavy (non-hydrogen) atoms. The predicted molar refractivity (Wildman–Crippen MR) is 195 cm³/mol. The number of hydrogen-bond donors (Lipinski definition) is 1. The van der Waals surface area contributed by atoms with Crippen molar-refractivity contribution in [1.29, 1.82) is 0 Å². The SMILES string of the molecule is CNC(=O)c1c(-c2ccc(C)cc2)oc2cc(N(C)S(C)(=O)=O)c(-c3ccc4nc(CN5CCC(F)(F)C5)n5c6cccc(F)c6cc5c4n3)cc12. The second-order valence-corrected chi connectivity index (χ2v) is 15.3. The van der Waals surface area contributed by atoms with Crippen LogP contribution in [0, 0.1) is 12.7 Å². The Morgan fingerprint density at radius 1 is 1.02 bits per heavy atom. The molecule has 0 bridgehead atoms. The fourth-order valence-corrected chi connectivity index (χ4v) is 7.51. The molecule has 5 heterocycles. The molecule has 1 aliphatic rings. The van der Waals surface area contributed by atoms with Crippen molar-refractivity contribution in [3.8, 4) is 22.6 Å². The highest BCUT2D eigenvalue weighted by Crippen LogP contribution is 2.42. The first-order chi connectivity index (χ1) is 24.7. The Kier molecular flexibility index (Phi) is 7.81. The molecule has 10 nitrogen and oxygen atoms in total. The van der Waals surface area contributed by atoms with E-state index >= 15 is 4.39 Å². The van der Waals surface area contributed by atoms with Crippen LogP contribution in [0.2, 0.25) is 0 Å². The summed E-state index contributed by atoms with van der Waals surface area (Å²) in [5.74, 6) is -2.89. The van der Waals surface area contributed by atoms with Crippen molar-refractivity contribution < 1.29 is 30.8 Å². The van der Waals surface area contributed by atoms with Gasteiger partial charge in [0.15, 0.2) is 0 Å². The monoisotopic (exact) mass is 726 g/mol. The quantitative estimate of drug-likeness (QED) is 0.186. The van der Waals surface area contributed by atoms with Crippen LogP contribution in [0.25, 0.3) is 61.0 Å². The van der Waals surface area contributed by atoms with Gasteiger partial charge in [-0.1, -0.05) is 35.9 Å². The molecular formula is C38H33F3N6O4S. The van der Waals surface area contributed by atoms with Gasteiger partial charge in [-0.05, 0) is 43.3 Å². The van der Waals surface area contributed by atoms with Crippen LogP contribution < -0.4 is 9.62 Å². The molecule has 0 saturated carbocycles. The normalized spacial score (nSPS) is 15.0. The molecule has 1 amide bonds. The molecule has 1 N–H and O–H groups in total. The molecule has 0 radical (unpaired) electrons. The Morgan fingerprint density at radius 3 is 2.48 bits per heavy atom. The summed E-state index contributed by atoms with van der Waals surface area (Å²) in [6.45, 7) is 1.84. The van der Waals surface area contributed by atoms with Gasteiger partial charge < -0.3 is 9.73 Å². The number of halogens is 3. The number of carbonyl (C=O) groups excluding carboxylic acids is 1. The molecule has 266 valence electrons. The molecule has 8 rings (SSSR count). The standard InChI is InChI=1S/C38H33F3N6O4S/c1-21-8-10-22(11-9-21)36-34(37(48)42-2)25-16-24(30(18-32(25)51-36)45(3)52(4,49)50)27-12-13-28-35(44-27)31-17-23-26(39)6-5-7-29(23)47(31)33(43-28)19-46-15-14-38(40,41)20-46/h5-13,16-18H,14-15,19-20H2,1-4H3,(H,42,48). The first-order valence-corrected chi connectivity index (χ1v) is 18.4. The molecule has 3 aromatic carbocycles. The van der Waals surface area contributed by atoms with E-state index in [4.69, 9.17) is 14.4 Å². The highest BCUT2D eigenvalue weighted by Gasteiger charge is 2.38. The Hall–Kier alpha value is -5.47. The molecule has 1 aliphatic heterocycles. The number of alkyl halides is 2. The van der Waals surface area contributed by atoms with E-state index in [9.17, 15) is 22.0 Å². The highest BCUT2D eigenvalue weighted by molar-refractivity contribution is 7.92. The third kappa shape index (κ3) is 5.62. The highest BCUT2D eigenvalue weighted by atomic mass is 32.2. The van der Waals surface area contributed by atoms with Crippen LogP contribution in [0.15, 0.2) is 77.2 Å². The van der Waals surface area contributed by atoms with Gasteiger partial charge in [-0.25, -0.2) is 31.6 Å². The number of amides is 1. The summed E-state index contributed by atoms with van der Waals surface area (Å²) >= 11 is 0. The smallest absolute Gasteiger partial charge is 0.261 e. The van der Waals surface area contributed by atoms with E-state index in [0.29, 0.717) is 66.8 Å². The van der Waals surface area contributed by atoms with Crippen molar-refractivity contribution in [3.63, 3.8) is 0 Å². The van der Waals surface area contributed by atoms with Crippen LogP contribution in [0.1, 0.15) is 28.2 Å². The molecule has 7 aromatic rings. The summed E-state index contributed by atoms with van der Waals surface area (Å²) in [7, 11) is -0.857. The minimum absolute atomic E-state index is 0.107. The van der Waals surface area contributed by atoms with Gasteiger partial charge in [0.25, 0.3) is 11.8 Å². The summed E-state index contributed by atoms with van der Waals surface area (Å²) < 4.78 is 78.7. The Labute approximate surface area is 296 Å². The van der Waals surface area contributed by atoms with Gasteiger partial charge in [0.05, 0.1) is 52.8 Å². The number of aryl methyl sites for hydroxylation is 1. The van der Waals surface area contributed by atoms with Crippen molar-refractivity contribution >= 4 is 60.0 Å². The van der Waals surface area contributed by atoms with Crippen LogP contribution in [-0.4, -0.2) is 73.0 Å². The number of benzene rings is 3. The van der Waals surface area contributed by atoms with Crippen molar-refractivity contribution in [3.05, 3.63) is 95.6 Å². The van der Waals surface area contributed by atoms with Gasteiger partial charge in [-0.3, -0.25) is 18.4 Å². The van der Waals surface area contributed by atoms with Crippen LogP contribution in [-0.2, 0) is 16.6 Å². The number of hydrogen-bond acceptors (Lipinski definition) is 7. The van der Waals surface area contributed by atoms with Gasteiger partial charge in [0, 0.05) is 55.0 Å². The van der Waals surface area contributed by atoms with Crippen molar-refractivity contribution in [1.82, 2.24) is 24.6 Å². The van der Waals surface area contributed by atoms with E-state index < -0.39 is 34.2 Å². The predicted octanol–water partition coefficient (Wildman–Crippen LogP) is 7.16. The van der Waals surface area contributed by atoms with Gasteiger partial charge >= 0.3 is 0 Å². The average Bonchev–Trinajstić information content (AvgIpc) is 3.80. The van der Waals surface area contributed by atoms with Crippen molar-refractivity contribution in [2.75, 3.05) is 37.7 Å². The molecule has 0 unspecified atom stereocenters. The zero-order valence-corrected chi connectivity index (χ0v) is 29.5. The molecular weight excluding hydrogens is 694 g/mol. The lowest BCUT2D eigenvalue weighted by molar-refractivity contribution is 0.0112. The fraction of sp³-hybridized carbons (Fsp3) is 0.237. The van der Waals surface area contributed by atoms with E-state index in [0.717, 1.165) is 16.1 Å². The van der Waals surface area contributed by atoms with Crippen LogP contribution in [0.3, 0.4) is 0 Å². The summed E-state index contributed by atoms with van der Waals surface area (Å²) in [6.07, 6.45) is 0.825. The average molecular weight is 727 g/mol. The van der Waals surface area contributed by atoms with Gasteiger partial charge in [-0.2, -0.15) is 0 Å². The van der Waals surface area contributed by atoms with E-state index in [1.165, 1.54) is 20.2 Å². The summed E-state index contributed by atoms with van der Waals surface area (Å²) in [6, 6.07) is 20.5. The molecule has 0 spiro atoms. The zero-order chi connectivity index (χ0) is 36.7. The third-order valence-electron chi connectivity index (χ3n) is 9.72. The number of anilines is 1. The summed E-state index contributed by atoms with van der Waals surface area (Å²) in [5, 5.41) is 3.44. The fourth-order valence-electron chi connectivity index (χ4n) is 7.00. The molecule has 0 aliphatic carbocycles. The van der Waals surface area contributed by atoms with Gasteiger partial charge in [0.2, 0.25) is 10.0 Å². The largest absolute Gasteiger partial charge is 0.455 e. The molecule has 4 aromatic heterocycles. The summed E-state index contributed by atoms with van der Waals surface area (Å²) in [4.78, 5) is 24.9. The molecule has 14 heteroatoms. The number of rotatable bonds is 7. The third-order valence-corrected chi connectivity index (χ3v) is 10.9. The molecule has 1 fully saturated rings. The number of likely N-dealkylation sites (tertiary alicyclic amines) is 1. The maximum atomic E-state index is 15.2. The lowest BCUT2D eigenvalue weighted by Crippen LogP contribution is -2.26. The summed E-state index contributed by atoms with van der Waals surface area (Å²) in [5.41, 5.74) is 5.06. The topological polar surface area (TPSA) is 113 Å². The second kappa shape index (κ2) is 12.1. The first-order valence-electron chi connectivity index (χ1n) is 16.6. The maximum absolute atomic E-state index is 15.2.